The van der Waals surface area contributed by atoms with Crippen LogP contribution in [0.2, 0.25) is 0 Å². The molecule has 1 atom stereocenters. The molecule has 0 amide bonds. The van der Waals surface area contributed by atoms with E-state index in [1.165, 1.54) is 0 Å². The van der Waals surface area contributed by atoms with Crippen LogP contribution in [-0.4, -0.2) is 4.92 Å². The van der Waals surface area contributed by atoms with Gasteiger partial charge >= 0.3 is 0 Å². The van der Waals surface area contributed by atoms with Crippen LogP contribution in [0.15, 0.2) is 66.7 Å². The smallest absolute Gasteiger partial charge is 0.241 e. The molecule has 0 saturated heterocycles. The number of hydrogen-bond donors (Lipinski definition) is 0. The van der Waals surface area contributed by atoms with E-state index in [0.29, 0.717) is 6.42 Å². The fraction of sp³-hybridized carbons (Fsp3) is 0.125. The van der Waals surface area contributed by atoms with E-state index in [1.54, 1.807) is 12.1 Å². The second-order valence-corrected chi connectivity index (χ2v) is 4.26. The number of nitrogens with zero attached hydrogens (tertiary/aromatic N) is 1. The first-order chi connectivity index (χ1) is 9.27. The van der Waals surface area contributed by atoms with E-state index in [2.05, 4.69) is 0 Å². The number of nitro groups is 1. The first-order valence-electron chi connectivity index (χ1n) is 6.17. The summed E-state index contributed by atoms with van der Waals surface area (Å²) >= 11 is 0. The Labute approximate surface area is 112 Å². The maximum Gasteiger partial charge on any atom is 0.241 e. The molecule has 0 heterocycles. The molecule has 19 heavy (non-hydrogen) atoms. The van der Waals surface area contributed by atoms with E-state index in [-0.39, 0.29) is 4.92 Å². The van der Waals surface area contributed by atoms with Gasteiger partial charge in [-0.25, -0.2) is 0 Å². The highest BCUT2D eigenvalue weighted by Gasteiger charge is 2.20. The molecule has 3 heteroatoms. The summed E-state index contributed by atoms with van der Waals surface area (Å²) in [5, 5.41) is 11.1. The Bertz CT molecular complexity index is 549. The molecular formula is C16H15NO2. The third kappa shape index (κ3) is 3.78. The van der Waals surface area contributed by atoms with Crippen molar-refractivity contribution in [1.82, 2.24) is 0 Å². The van der Waals surface area contributed by atoms with Gasteiger partial charge in [0.05, 0.1) is 0 Å². The minimum absolute atomic E-state index is 0.231. The van der Waals surface area contributed by atoms with Gasteiger partial charge in [-0.15, -0.1) is 0 Å². The third-order valence-electron chi connectivity index (χ3n) is 2.91. The van der Waals surface area contributed by atoms with Crippen LogP contribution in [0.5, 0.6) is 0 Å². The van der Waals surface area contributed by atoms with E-state index in [1.807, 2.05) is 60.7 Å². The lowest BCUT2D eigenvalue weighted by atomic mass is 10.0. The monoisotopic (exact) mass is 253 g/mol. The lowest BCUT2D eigenvalue weighted by Gasteiger charge is -2.06. The van der Waals surface area contributed by atoms with Gasteiger partial charge in [-0.3, -0.25) is 10.1 Å². The molecule has 0 N–H and O–H groups in total. The SMILES string of the molecule is O=[N+]([O-])C(CC=Cc1ccccc1)c1ccccc1. The Morgan fingerprint density at radius 3 is 2.16 bits per heavy atom. The van der Waals surface area contributed by atoms with Crippen LogP contribution in [-0.2, 0) is 0 Å². The third-order valence-corrected chi connectivity index (χ3v) is 2.91. The van der Waals surface area contributed by atoms with Crippen molar-refractivity contribution in [3.63, 3.8) is 0 Å². The second-order valence-electron chi connectivity index (χ2n) is 4.26. The molecule has 0 radical (unpaired) electrons. The predicted octanol–water partition coefficient (Wildman–Crippen LogP) is 4.11. The summed E-state index contributed by atoms with van der Waals surface area (Å²) in [5.74, 6) is 0. The molecule has 2 aromatic carbocycles. The summed E-state index contributed by atoms with van der Waals surface area (Å²) in [7, 11) is 0. The molecule has 0 aromatic heterocycles. The van der Waals surface area contributed by atoms with E-state index in [9.17, 15) is 10.1 Å². The normalized spacial score (nSPS) is 12.4. The van der Waals surface area contributed by atoms with Gasteiger partial charge in [0, 0.05) is 16.9 Å². The zero-order chi connectivity index (χ0) is 13.5. The first-order valence-corrected chi connectivity index (χ1v) is 6.17. The summed E-state index contributed by atoms with van der Waals surface area (Å²) < 4.78 is 0. The van der Waals surface area contributed by atoms with Gasteiger partial charge < -0.3 is 0 Å². The fourth-order valence-electron chi connectivity index (χ4n) is 1.92. The summed E-state index contributed by atoms with van der Waals surface area (Å²) in [5.41, 5.74) is 1.79. The summed E-state index contributed by atoms with van der Waals surface area (Å²) in [6.07, 6.45) is 4.17. The molecular weight excluding hydrogens is 238 g/mol. The van der Waals surface area contributed by atoms with Gasteiger partial charge in [-0.1, -0.05) is 72.8 Å². The van der Waals surface area contributed by atoms with Crippen molar-refractivity contribution < 1.29 is 4.92 Å². The molecule has 0 fully saturated rings. The highest BCUT2D eigenvalue weighted by Crippen LogP contribution is 2.21. The molecule has 0 bridgehead atoms. The minimum atomic E-state index is -0.679. The highest BCUT2D eigenvalue weighted by atomic mass is 16.6. The van der Waals surface area contributed by atoms with E-state index in [0.717, 1.165) is 11.1 Å². The summed E-state index contributed by atoms with van der Waals surface area (Å²) in [6.45, 7) is 0. The zero-order valence-corrected chi connectivity index (χ0v) is 10.5. The standard InChI is InChI=1S/C16H15NO2/c18-17(19)16(15-11-5-2-6-12-15)13-7-10-14-8-3-1-4-9-14/h1-12,16H,13H2. The van der Waals surface area contributed by atoms with Crippen LogP contribution in [0.4, 0.5) is 0 Å². The Hall–Kier alpha value is -2.42. The predicted molar refractivity (Wildman–Crippen MR) is 76.3 cm³/mol. The highest BCUT2D eigenvalue weighted by molar-refractivity contribution is 5.48. The number of hydrogen-bond acceptors (Lipinski definition) is 2. The average Bonchev–Trinajstić information content (AvgIpc) is 2.45. The van der Waals surface area contributed by atoms with Gasteiger partial charge in [-0.2, -0.15) is 0 Å². The van der Waals surface area contributed by atoms with E-state index in [4.69, 9.17) is 0 Å². The maximum absolute atomic E-state index is 11.1. The lowest BCUT2D eigenvalue weighted by Crippen LogP contribution is -2.09. The minimum Gasteiger partial charge on any atom is -0.264 e. The Kier molecular flexibility index (Phi) is 4.45. The second kappa shape index (κ2) is 6.50. The van der Waals surface area contributed by atoms with Gasteiger partial charge in [0.1, 0.15) is 0 Å². The van der Waals surface area contributed by atoms with Gasteiger partial charge in [0.15, 0.2) is 0 Å². The zero-order valence-electron chi connectivity index (χ0n) is 10.5. The average molecular weight is 253 g/mol. The largest absolute Gasteiger partial charge is 0.264 e. The molecule has 0 spiro atoms. The Morgan fingerprint density at radius 2 is 1.58 bits per heavy atom. The van der Waals surface area contributed by atoms with Gasteiger partial charge in [0.25, 0.3) is 0 Å². The van der Waals surface area contributed by atoms with Gasteiger partial charge in [-0.05, 0) is 5.56 Å². The van der Waals surface area contributed by atoms with Crippen LogP contribution in [0.1, 0.15) is 23.6 Å². The summed E-state index contributed by atoms with van der Waals surface area (Å²) in [6, 6.07) is 18.2. The van der Waals surface area contributed by atoms with E-state index < -0.39 is 6.04 Å². The van der Waals surface area contributed by atoms with Crippen molar-refractivity contribution in [2.75, 3.05) is 0 Å². The maximum atomic E-state index is 11.1. The first kappa shape index (κ1) is 13.0. The molecule has 2 rings (SSSR count). The van der Waals surface area contributed by atoms with Crippen molar-refractivity contribution in [3.8, 4) is 0 Å². The van der Waals surface area contributed by atoms with Gasteiger partial charge in [0.2, 0.25) is 6.04 Å². The van der Waals surface area contributed by atoms with Crippen LogP contribution in [0, 0.1) is 10.1 Å². The molecule has 2 aromatic rings. The summed E-state index contributed by atoms with van der Waals surface area (Å²) in [4.78, 5) is 10.9. The Balaban J connectivity index is 2.07. The molecule has 0 aliphatic rings. The quantitative estimate of drug-likeness (QED) is 0.594. The van der Waals surface area contributed by atoms with Crippen LogP contribution >= 0.6 is 0 Å². The number of rotatable bonds is 5. The molecule has 3 nitrogen and oxygen atoms in total. The van der Waals surface area contributed by atoms with E-state index >= 15 is 0 Å². The fourth-order valence-corrected chi connectivity index (χ4v) is 1.92. The van der Waals surface area contributed by atoms with Crippen molar-refractivity contribution in [2.24, 2.45) is 0 Å². The Morgan fingerprint density at radius 1 is 1.00 bits per heavy atom. The molecule has 96 valence electrons. The molecule has 1 unspecified atom stereocenters. The van der Waals surface area contributed by atoms with Crippen LogP contribution in [0.25, 0.3) is 6.08 Å². The van der Waals surface area contributed by atoms with Crippen molar-refractivity contribution >= 4 is 6.08 Å². The van der Waals surface area contributed by atoms with Crippen LogP contribution < -0.4 is 0 Å². The molecule has 0 aliphatic heterocycles. The molecule has 0 saturated carbocycles. The van der Waals surface area contributed by atoms with Crippen molar-refractivity contribution in [3.05, 3.63) is 88.0 Å². The van der Waals surface area contributed by atoms with Crippen molar-refractivity contribution in [1.29, 1.82) is 0 Å². The molecule has 0 aliphatic carbocycles. The topological polar surface area (TPSA) is 43.1 Å². The van der Waals surface area contributed by atoms with Crippen LogP contribution in [0.3, 0.4) is 0 Å². The number of benzene rings is 2. The van der Waals surface area contributed by atoms with Crippen molar-refractivity contribution in [2.45, 2.75) is 12.5 Å². The lowest BCUT2D eigenvalue weighted by molar-refractivity contribution is -0.528.